The Hall–Kier alpha value is -2.48. The second kappa shape index (κ2) is 6.05. The lowest BCUT2D eigenvalue weighted by atomic mass is 9.99. The van der Waals surface area contributed by atoms with Crippen molar-refractivity contribution in [3.63, 3.8) is 0 Å². The maximum Gasteiger partial charge on any atom is 0.275 e. The van der Waals surface area contributed by atoms with E-state index in [0.29, 0.717) is 5.69 Å². The average Bonchev–Trinajstić information content (AvgIpc) is 3.24. The van der Waals surface area contributed by atoms with Gasteiger partial charge in [-0.25, -0.2) is 9.97 Å². The molecule has 1 amide bonds. The highest BCUT2D eigenvalue weighted by Crippen LogP contribution is 2.43. The molecule has 5 heterocycles. The summed E-state index contributed by atoms with van der Waals surface area (Å²) in [6.45, 7) is 3.10. The van der Waals surface area contributed by atoms with Crippen LogP contribution in [0.2, 0.25) is 0 Å². The highest BCUT2D eigenvalue weighted by Gasteiger charge is 2.44. The van der Waals surface area contributed by atoms with Crippen LogP contribution in [-0.4, -0.2) is 62.9 Å². The van der Waals surface area contributed by atoms with Gasteiger partial charge in [0.1, 0.15) is 5.69 Å². The molecule has 136 valence electrons. The van der Waals surface area contributed by atoms with Crippen LogP contribution in [0, 0.1) is 0 Å². The number of ether oxygens (including phenoxy) is 1. The van der Waals surface area contributed by atoms with Crippen LogP contribution < -0.4 is 4.90 Å². The highest BCUT2D eigenvalue weighted by atomic mass is 16.5. The van der Waals surface area contributed by atoms with Gasteiger partial charge in [-0.05, 0) is 18.9 Å². The Balaban J connectivity index is 1.44. The van der Waals surface area contributed by atoms with Gasteiger partial charge >= 0.3 is 0 Å². The van der Waals surface area contributed by atoms with E-state index in [4.69, 9.17) is 9.72 Å². The summed E-state index contributed by atoms with van der Waals surface area (Å²) in [6, 6.07) is 2.06. The zero-order chi connectivity index (χ0) is 17.7. The Morgan fingerprint density at radius 2 is 2.12 bits per heavy atom. The van der Waals surface area contributed by atoms with Gasteiger partial charge in [0.05, 0.1) is 24.9 Å². The molecule has 8 nitrogen and oxygen atoms in total. The number of morpholine rings is 1. The fourth-order valence-electron chi connectivity index (χ4n) is 4.35. The topological polar surface area (TPSA) is 76.4 Å². The number of nitrogens with zero attached hydrogens (tertiary/aromatic N) is 6. The molecule has 26 heavy (non-hydrogen) atoms. The van der Waals surface area contributed by atoms with Crippen LogP contribution in [0.15, 0.2) is 18.5 Å². The van der Waals surface area contributed by atoms with E-state index in [1.54, 1.807) is 10.7 Å². The monoisotopic (exact) mass is 354 g/mol. The molecule has 0 aliphatic carbocycles. The van der Waals surface area contributed by atoms with Crippen LogP contribution in [0.4, 0.5) is 5.95 Å². The molecule has 0 aromatic carbocycles. The van der Waals surface area contributed by atoms with Gasteiger partial charge in [-0.2, -0.15) is 5.10 Å². The third-order valence-electron chi connectivity index (χ3n) is 5.64. The minimum atomic E-state index is 0.0148. The number of aryl methyl sites for hydroxylation is 1. The summed E-state index contributed by atoms with van der Waals surface area (Å²) >= 11 is 0. The summed E-state index contributed by atoms with van der Waals surface area (Å²) in [6.07, 6.45) is 6.51. The summed E-state index contributed by atoms with van der Waals surface area (Å²) in [7, 11) is 1.83. The number of fused-ring (bicyclic) bond motifs is 4. The van der Waals surface area contributed by atoms with E-state index in [1.807, 2.05) is 24.3 Å². The van der Waals surface area contributed by atoms with Crippen molar-refractivity contribution in [1.82, 2.24) is 24.6 Å². The van der Waals surface area contributed by atoms with E-state index in [0.717, 1.165) is 62.8 Å². The van der Waals surface area contributed by atoms with Crippen molar-refractivity contribution in [3.05, 3.63) is 35.4 Å². The van der Waals surface area contributed by atoms with Crippen LogP contribution in [0.5, 0.6) is 0 Å². The predicted octanol–water partition coefficient (Wildman–Crippen LogP) is 0.949. The largest absolute Gasteiger partial charge is 0.378 e. The molecule has 3 aliphatic rings. The first-order valence-corrected chi connectivity index (χ1v) is 9.21. The van der Waals surface area contributed by atoms with E-state index in [-0.39, 0.29) is 18.0 Å². The molecule has 3 aliphatic heterocycles. The zero-order valence-electron chi connectivity index (χ0n) is 14.8. The molecular formula is C18H22N6O2. The van der Waals surface area contributed by atoms with E-state index >= 15 is 0 Å². The number of hydrogen-bond donors (Lipinski definition) is 0. The molecule has 2 unspecified atom stereocenters. The molecule has 0 N–H and O–H groups in total. The molecule has 2 aromatic heterocycles. The molecule has 0 radical (unpaired) electrons. The fourth-order valence-corrected chi connectivity index (χ4v) is 4.35. The fraction of sp³-hybridized carbons (Fsp3) is 0.556. The molecule has 2 fully saturated rings. The summed E-state index contributed by atoms with van der Waals surface area (Å²) in [4.78, 5) is 26.6. The number of carbonyl (C=O) groups excluding carboxylic acids is 1. The third kappa shape index (κ3) is 2.47. The van der Waals surface area contributed by atoms with Gasteiger partial charge in [0.25, 0.3) is 5.91 Å². The quantitative estimate of drug-likeness (QED) is 0.799. The van der Waals surface area contributed by atoms with Crippen LogP contribution >= 0.6 is 0 Å². The number of hydrogen-bond acceptors (Lipinski definition) is 6. The molecule has 2 bridgehead atoms. The van der Waals surface area contributed by atoms with Crippen molar-refractivity contribution >= 4 is 11.9 Å². The van der Waals surface area contributed by atoms with Gasteiger partial charge in [-0.1, -0.05) is 0 Å². The Morgan fingerprint density at radius 3 is 2.88 bits per heavy atom. The van der Waals surface area contributed by atoms with Crippen molar-refractivity contribution in [2.45, 2.75) is 31.3 Å². The Bertz CT molecular complexity index is 844. The van der Waals surface area contributed by atoms with Crippen LogP contribution in [0.25, 0.3) is 0 Å². The van der Waals surface area contributed by atoms with Gasteiger partial charge in [0.2, 0.25) is 5.95 Å². The molecule has 2 atom stereocenters. The van der Waals surface area contributed by atoms with Crippen molar-refractivity contribution in [2.75, 3.05) is 31.2 Å². The lowest BCUT2D eigenvalue weighted by molar-refractivity contribution is 0.0636. The Morgan fingerprint density at radius 1 is 1.27 bits per heavy atom. The number of rotatable bonds is 2. The zero-order valence-corrected chi connectivity index (χ0v) is 14.8. The second-order valence-corrected chi connectivity index (χ2v) is 7.21. The van der Waals surface area contributed by atoms with E-state index in [2.05, 4.69) is 15.0 Å². The number of aromatic nitrogens is 4. The van der Waals surface area contributed by atoms with Crippen molar-refractivity contribution in [3.8, 4) is 0 Å². The van der Waals surface area contributed by atoms with Crippen LogP contribution in [0.1, 0.15) is 40.6 Å². The Labute approximate surface area is 151 Å². The number of amides is 1. The maximum absolute atomic E-state index is 13.0. The first-order chi connectivity index (χ1) is 12.7. The molecule has 2 aromatic rings. The van der Waals surface area contributed by atoms with E-state index in [9.17, 15) is 4.79 Å². The lowest BCUT2D eigenvalue weighted by Gasteiger charge is -2.36. The molecule has 5 rings (SSSR count). The van der Waals surface area contributed by atoms with Crippen molar-refractivity contribution < 1.29 is 9.53 Å². The minimum Gasteiger partial charge on any atom is -0.378 e. The van der Waals surface area contributed by atoms with Crippen LogP contribution in [0.3, 0.4) is 0 Å². The molecule has 0 saturated carbocycles. The SMILES string of the molecule is Cn1ccc(C(=O)N2C3CCC2c2cnc(N4CCOCC4)nc2C3)n1. The summed E-state index contributed by atoms with van der Waals surface area (Å²) in [5, 5.41) is 4.29. The van der Waals surface area contributed by atoms with Crippen LogP contribution in [-0.2, 0) is 18.2 Å². The molecule has 0 spiro atoms. The van der Waals surface area contributed by atoms with Crippen molar-refractivity contribution in [2.24, 2.45) is 7.05 Å². The van der Waals surface area contributed by atoms with Gasteiger partial charge in [-0.15, -0.1) is 0 Å². The predicted molar refractivity (Wildman–Crippen MR) is 93.9 cm³/mol. The normalized spacial score (nSPS) is 24.7. The number of anilines is 1. The minimum absolute atomic E-state index is 0.0148. The lowest BCUT2D eigenvalue weighted by Crippen LogP contribution is -2.43. The molecule has 2 saturated heterocycles. The van der Waals surface area contributed by atoms with Gasteiger partial charge in [0, 0.05) is 50.6 Å². The van der Waals surface area contributed by atoms with Crippen molar-refractivity contribution in [1.29, 1.82) is 0 Å². The third-order valence-corrected chi connectivity index (χ3v) is 5.64. The average molecular weight is 354 g/mol. The van der Waals surface area contributed by atoms with Gasteiger partial charge in [0.15, 0.2) is 0 Å². The summed E-state index contributed by atoms with van der Waals surface area (Å²) in [5.74, 6) is 0.803. The highest BCUT2D eigenvalue weighted by molar-refractivity contribution is 5.93. The van der Waals surface area contributed by atoms with E-state index in [1.165, 1.54) is 0 Å². The van der Waals surface area contributed by atoms with E-state index < -0.39 is 0 Å². The maximum atomic E-state index is 13.0. The first kappa shape index (κ1) is 15.7. The Kier molecular flexibility index (Phi) is 3.66. The van der Waals surface area contributed by atoms with Gasteiger partial charge in [-0.3, -0.25) is 9.48 Å². The summed E-state index contributed by atoms with van der Waals surface area (Å²) < 4.78 is 7.08. The first-order valence-electron chi connectivity index (χ1n) is 9.21. The smallest absolute Gasteiger partial charge is 0.275 e. The number of carbonyl (C=O) groups is 1. The standard InChI is InChI=1S/C18H22N6O2/c1-22-5-4-14(21-22)17(25)24-12-2-3-16(24)13-11-19-18(20-15(13)10-12)23-6-8-26-9-7-23/h4-5,11-12,16H,2-3,6-10H2,1H3. The van der Waals surface area contributed by atoms with Gasteiger partial charge < -0.3 is 14.5 Å². The summed E-state index contributed by atoms with van der Waals surface area (Å²) in [5.41, 5.74) is 2.71. The second-order valence-electron chi connectivity index (χ2n) is 7.21. The molecule has 8 heteroatoms. The molecular weight excluding hydrogens is 332 g/mol.